The van der Waals surface area contributed by atoms with Crippen molar-refractivity contribution in [3.63, 3.8) is 0 Å². The molecule has 3 aromatic rings. The Hall–Kier alpha value is -2.89. The first kappa shape index (κ1) is 14.7. The smallest absolute Gasteiger partial charge is 0.227 e. The van der Waals surface area contributed by atoms with Gasteiger partial charge in [0.15, 0.2) is 5.82 Å². The highest BCUT2D eigenvalue weighted by atomic mass is 16.5. The molecule has 1 aliphatic rings. The zero-order chi connectivity index (χ0) is 16.5. The van der Waals surface area contributed by atoms with Crippen molar-refractivity contribution in [3.8, 4) is 17.1 Å². The van der Waals surface area contributed by atoms with Crippen molar-refractivity contribution in [1.82, 2.24) is 19.7 Å². The first-order valence-electron chi connectivity index (χ1n) is 7.97. The number of fused-ring (bicyclic) bond motifs is 1. The van der Waals surface area contributed by atoms with Crippen molar-refractivity contribution < 1.29 is 4.74 Å². The standard InChI is InChI=1S/C18H19N5O/c1-22-17(14-4-3-8-19-11-14)20-21-18(22)23-9-7-13-10-16(24-2)6-5-15(13)12-23/h3-6,8,10-11H,7,9,12H2,1-2H3. The first-order chi connectivity index (χ1) is 11.8. The molecule has 2 aromatic heterocycles. The molecule has 0 saturated heterocycles. The van der Waals surface area contributed by atoms with E-state index in [1.807, 2.05) is 36.0 Å². The van der Waals surface area contributed by atoms with Gasteiger partial charge in [-0.1, -0.05) is 6.07 Å². The van der Waals surface area contributed by atoms with Crippen LogP contribution in [0.5, 0.6) is 5.75 Å². The minimum atomic E-state index is 0.832. The third kappa shape index (κ3) is 2.50. The fraction of sp³-hybridized carbons (Fsp3) is 0.278. The van der Waals surface area contributed by atoms with Gasteiger partial charge in [-0.15, -0.1) is 10.2 Å². The van der Waals surface area contributed by atoms with E-state index in [1.54, 1.807) is 13.3 Å². The van der Waals surface area contributed by atoms with Gasteiger partial charge in [-0.05, 0) is 41.8 Å². The predicted octanol–water partition coefficient (Wildman–Crippen LogP) is 2.45. The normalized spacial score (nSPS) is 13.7. The minimum Gasteiger partial charge on any atom is -0.497 e. The highest BCUT2D eigenvalue weighted by Crippen LogP contribution is 2.28. The van der Waals surface area contributed by atoms with E-state index in [2.05, 4.69) is 32.2 Å². The summed E-state index contributed by atoms with van der Waals surface area (Å²) in [7, 11) is 3.71. The second kappa shape index (κ2) is 5.96. The molecule has 6 heteroatoms. The lowest BCUT2D eigenvalue weighted by molar-refractivity contribution is 0.413. The van der Waals surface area contributed by atoms with Crippen LogP contribution < -0.4 is 9.64 Å². The van der Waals surface area contributed by atoms with Gasteiger partial charge >= 0.3 is 0 Å². The van der Waals surface area contributed by atoms with Crippen molar-refractivity contribution in [2.24, 2.45) is 7.05 Å². The van der Waals surface area contributed by atoms with Gasteiger partial charge in [0, 0.05) is 38.1 Å². The van der Waals surface area contributed by atoms with Crippen LogP contribution in [-0.4, -0.2) is 33.4 Å². The van der Waals surface area contributed by atoms with Crippen LogP contribution in [0.2, 0.25) is 0 Å². The van der Waals surface area contributed by atoms with Crippen LogP contribution in [0.15, 0.2) is 42.7 Å². The summed E-state index contributed by atoms with van der Waals surface area (Å²) < 4.78 is 7.35. The summed E-state index contributed by atoms with van der Waals surface area (Å²) in [4.78, 5) is 6.43. The number of rotatable bonds is 3. The molecule has 122 valence electrons. The lowest BCUT2D eigenvalue weighted by Gasteiger charge is -2.29. The Labute approximate surface area is 140 Å². The first-order valence-corrected chi connectivity index (χ1v) is 7.97. The van der Waals surface area contributed by atoms with E-state index in [9.17, 15) is 0 Å². The van der Waals surface area contributed by atoms with Crippen molar-refractivity contribution in [2.75, 3.05) is 18.6 Å². The number of hydrogen-bond acceptors (Lipinski definition) is 5. The number of benzene rings is 1. The zero-order valence-corrected chi connectivity index (χ0v) is 13.8. The van der Waals surface area contributed by atoms with Crippen LogP contribution in [0.25, 0.3) is 11.4 Å². The molecule has 3 heterocycles. The molecule has 1 aliphatic heterocycles. The molecule has 4 rings (SSSR count). The van der Waals surface area contributed by atoms with Gasteiger partial charge in [-0.25, -0.2) is 0 Å². The molecule has 6 nitrogen and oxygen atoms in total. The number of anilines is 1. The summed E-state index contributed by atoms with van der Waals surface area (Å²) in [6, 6.07) is 10.2. The Morgan fingerprint density at radius 3 is 2.83 bits per heavy atom. The third-order valence-corrected chi connectivity index (χ3v) is 4.48. The molecule has 0 aliphatic carbocycles. The summed E-state index contributed by atoms with van der Waals surface area (Å²) in [6.07, 6.45) is 4.55. The van der Waals surface area contributed by atoms with Crippen LogP contribution in [0, 0.1) is 0 Å². The lowest BCUT2D eigenvalue weighted by atomic mass is 10.00. The maximum absolute atomic E-state index is 5.32. The van der Waals surface area contributed by atoms with Crippen molar-refractivity contribution in [1.29, 1.82) is 0 Å². The van der Waals surface area contributed by atoms with Gasteiger partial charge in [0.05, 0.1) is 7.11 Å². The molecule has 0 saturated carbocycles. The fourth-order valence-corrected chi connectivity index (χ4v) is 3.17. The minimum absolute atomic E-state index is 0.832. The zero-order valence-electron chi connectivity index (χ0n) is 13.8. The van der Waals surface area contributed by atoms with Gasteiger partial charge in [0.2, 0.25) is 5.95 Å². The number of nitrogens with zero attached hydrogens (tertiary/aromatic N) is 5. The second-order valence-corrected chi connectivity index (χ2v) is 5.93. The number of hydrogen-bond donors (Lipinski definition) is 0. The highest BCUT2D eigenvalue weighted by molar-refractivity contribution is 5.56. The molecule has 0 atom stereocenters. The Morgan fingerprint density at radius 2 is 2.04 bits per heavy atom. The van der Waals surface area contributed by atoms with E-state index < -0.39 is 0 Å². The Morgan fingerprint density at radius 1 is 1.12 bits per heavy atom. The van der Waals surface area contributed by atoms with Crippen LogP contribution in [-0.2, 0) is 20.0 Å². The molecule has 1 aromatic carbocycles. The quantitative estimate of drug-likeness (QED) is 0.742. The third-order valence-electron chi connectivity index (χ3n) is 4.48. The van der Waals surface area contributed by atoms with Gasteiger partial charge in [0.1, 0.15) is 5.75 Å². The van der Waals surface area contributed by atoms with E-state index in [0.29, 0.717) is 0 Å². The van der Waals surface area contributed by atoms with Crippen LogP contribution in [0.1, 0.15) is 11.1 Å². The van der Waals surface area contributed by atoms with Gasteiger partial charge in [0.25, 0.3) is 0 Å². The molecule has 24 heavy (non-hydrogen) atoms. The second-order valence-electron chi connectivity index (χ2n) is 5.93. The number of pyridine rings is 1. The maximum Gasteiger partial charge on any atom is 0.227 e. The SMILES string of the molecule is COc1ccc2c(c1)CCN(c1nnc(-c3cccnc3)n1C)C2. The largest absolute Gasteiger partial charge is 0.497 e. The number of aromatic nitrogens is 4. The van der Waals surface area contributed by atoms with E-state index in [1.165, 1.54) is 11.1 Å². The number of ether oxygens (including phenoxy) is 1. The molecule has 0 radical (unpaired) electrons. The number of methoxy groups -OCH3 is 1. The molecule has 0 amide bonds. The van der Waals surface area contributed by atoms with Crippen molar-refractivity contribution in [2.45, 2.75) is 13.0 Å². The Kier molecular flexibility index (Phi) is 3.65. The Bertz CT molecular complexity index is 859. The summed E-state index contributed by atoms with van der Waals surface area (Å²) in [5, 5.41) is 8.76. The molecule has 0 N–H and O–H groups in total. The molecule has 0 spiro atoms. The average molecular weight is 321 g/mol. The van der Waals surface area contributed by atoms with Crippen LogP contribution in [0.4, 0.5) is 5.95 Å². The van der Waals surface area contributed by atoms with E-state index in [0.717, 1.165) is 42.6 Å². The topological polar surface area (TPSA) is 56.1 Å². The lowest BCUT2D eigenvalue weighted by Crippen LogP contribution is -2.32. The van der Waals surface area contributed by atoms with E-state index >= 15 is 0 Å². The van der Waals surface area contributed by atoms with Gasteiger partial charge in [-0.2, -0.15) is 0 Å². The summed E-state index contributed by atoms with van der Waals surface area (Å²) >= 11 is 0. The summed E-state index contributed by atoms with van der Waals surface area (Å²) in [5.41, 5.74) is 3.63. The Balaban J connectivity index is 1.62. The van der Waals surface area contributed by atoms with Crippen molar-refractivity contribution in [3.05, 3.63) is 53.9 Å². The maximum atomic E-state index is 5.32. The van der Waals surface area contributed by atoms with Crippen LogP contribution in [0.3, 0.4) is 0 Å². The molecule has 0 unspecified atom stereocenters. The monoisotopic (exact) mass is 321 g/mol. The molecule has 0 fully saturated rings. The van der Waals surface area contributed by atoms with Crippen LogP contribution >= 0.6 is 0 Å². The van der Waals surface area contributed by atoms with Gasteiger partial charge < -0.3 is 9.64 Å². The molecule has 0 bridgehead atoms. The van der Waals surface area contributed by atoms with Gasteiger partial charge in [-0.3, -0.25) is 9.55 Å². The van der Waals surface area contributed by atoms with E-state index in [4.69, 9.17) is 4.74 Å². The average Bonchev–Trinajstić information content (AvgIpc) is 3.03. The fourth-order valence-electron chi connectivity index (χ4n) is 3.17. The molecular weight excluding hydrogens is 302 g/mol. The van der Waals surface area contributed by atoms with Crippen molar-refractivity contribution >= 4 is 5.95 Å². The highest BCUT2D eigenvalue weighted by Gasteiger charge is 2.22. The summed E-state index contributed by atoms with van der Waals surface area (Å²) in [5.74, 6) is 2.63. The predicted molar refractivity (Wildman–Crippen MR) is 92.0 cm³/mol. The molecular formula is C18H19N5O. The van der Waals surface area contributed by atoms with E-state index in [-0.39, 0.29) is 0 Å². The summed E-state index contributed by atoms with van der Waals surface area (Å²) in [6.45, 7) is 1.75.